The van der Waals surface area contributed by atoms with Crippen molar-refractivity contribution in [1.82, 2.24) is 14.8 Å². The second-order valence-corrected chi connectivity index (χ2v) is 8.38. The average Bonchev–Trinajstić information content (AvgIpc) is 2.62. The van der Waals surface area contributed by atoms with Crippen molar-refractivity contribution < 1.29 is 19.4 Å². The maximum atomic E-state index is 13.1. The smallest absolute Gasteiger partial charge is 0.293 e. The fourth-order valence-electron chi connectivity index (χ4n) is 3.62. The molecule has 156 valence electrons. The molecule has 2 heterocycles. The van der Waals surface area contributed by atoms with Crippen LogP contribution < -0.4 is 10.9 Å². The molecule has 0 spiro atoms. The van der Waals surface area contributed by atoms with Gasteiger partial charge in [-0.1, -0.05) is 12.1 Å². The number of nitrogens with one attached hydrogen (secondary N) is 1. The molecule has 29 heavy (non-hydrogen) atoms. The maximum absolute atomic E-state index is 13.1. The predicted molar refractivity (Wildman–Crippen MR) is 106 cm³/mol. The summed E-state index contributed by atoms with van der Waals surface area (Å²) in [6.45, 7) is 6.19. The molecule has 0 aliphatic carbocycles. The minimum atomic E-state index is -1.26. The summed E-state index contributed by atoms with van der Waals surface area (Å²) in [5, 5.41) is 24.2. The zero-order valence-corrected chi connectivity index (χ0v) is 17.0. The van der Waals surface area contributed by atoms with Gasteiger partial charge in [0.1, 0.15) is 17.7 Å². The Hall–Kier alpha value is -2.71. The van der Waals surface area contributed by atoms with Gasteiger partial charge >= 0.3 is 0 Å². The number of halogens is 1. The number of nitrogens with zero attached hydrogens (tertiary/aromatic N) is 2. The van der Waals surface area contributed by atoms with E-state index in [-0.39, 0.29) is 17.1 Å². The van der Waals surface area contributed by atoms with E-state index in [1.54, 1.807) is 17.0 Å². The summed E-state index contributed by atoms with van der Waals surface area (Å²) in [6.07, 6.45) is -0.902. The molecule has 1 atom stereocenters. The highest BCUT2D eigenvalue weighted by atomic mass is 19.1. The number of hydrogen-bond donors (Lipinski definition) is 3. The molecule has 8 heteroatoms. The summed E-state index contributed by atoms with van der Waals surface area (Å²) >= 11 is 0. The van der Waals surface area contributed by atoms with Crippen LogP contribution in [0.15, 0.2) is 29.1 Å². The molecule has 1 unspecified atom stereocenters. The van der Waals surface area contributed by atoms with Crippen molar-refractivity contribution in [3.8, 4) is 5.75 Å². The molecule has 7 nitrogen and oxygen atoms in total. The van der Waals surface area contributed by atoms with Gasteiger partial charge in [0.15, 0.2) is 5.75 Å². The van der Waals surface area contributed by atoms with Crippen LogP contribution in [-0.4, -0.2) is 37.7 Å². The van der Waals surface area contributed by atoms with Gasteiger partial charge in [0, 0.05) is 31.2 Å². The van der Waals surface area contributed by atoms with Gasteiger partial charge < -0.3 is 20.1 Å². The zero-order valence-electron chi connectivity index (χ0n) is 17.0. The number of aromatic hydroxyl groups is 1. The molecular formula is C21H26FN3O4. The van der Waals surface area contributed by atoms with Crippen molar-refractivity contribution in [1.29, 1.82) is 0 Å². The number of fused-ring (bicyclic) bond motifs is 1. The van der Waals surface area contributed by atoms with Crippen LogP contribution in [0.3, 0.4) is 0 Å². The Kier molecular flexibility index (Phi) is 5.51. The number of aliphatic hydroxyl groups is 1. The number of carbonyl (C=O) groups is 1. The highest BCUT2D eigenvalue weighted by molar-refractivity contribution is 5.95. The lowest BCUT2D eigenvalue weighted by atomic mass is 9.94. The molecule has 1 aliphatic heterocycles. The van der Waals surface area contributed by atoms with E-state index >= 15 is 0 Å². The lowest BCUT2D eigenvalue weighted by Crippen LogP contribution is -2.45. The van der Waals surface area contributed by atoms with Gasteiger partial charge in [0.05, 0.1) is 0 Å². The van der Waals surface area contributed by atoms with Crippen LogP contribution in [0.4, 0.5) is 4.39 Å². The lowest BCUT2D eigenvalue weighted by Gasteiger charge is -2.35. The number of amides is 1. The van der Waals surface area contributed by atoms with Gasteiger partial charge in [-0.25, -0.2) is 4.39 Å². The minimum Gasteiger partial charge on any atom is -0.503 e. The molecule has 1 amide bonds. The van der Waals surface area contributed by atoms with Crippen molar-refractivity contribution >= 4 is 5.91 Å². The summed E-state index contributed by atoms with van der Waals surface area (Å²) in [7, 11) is 1.43. The highest BCUT2D eigenvalue weighted by Crippen LogP contribution is 2.35. The monoisotopic (exact) mass is 403 g/mol. The first-order valence-electron chi connectivity index (χ1n) is 9.43. The molecule has 0 fully saturated rings. The van der Waals surface area contributed by atoms with Crippen LogP contribution in [0, 0.1) is 5.82 Å². The van der Waals surface area contributed by atoms with Crippen molar-refractivity contribution in [2.75, 3.05) is 6.54 Å². The Bertz CT molecular complexity index is 993. The zero-order chi connectivity index (χ0) is 21.5. The van der Waals surface area contributed by atoms with Crippen LogP contribution in [0.2, 0.25) is 0 Å². The third-order valence-electron chi connectivity index (χ3n) is 4.96. The maximum Gasteiger partial charge on any atom is 0.293 e. The second kappa shape index (κ2) is 7.61. The summed E-state index contributed by atoms with van der Waals surface area (Å²) in [5.74, 6) is -1.35. The first-order valence-corrected chi connectivity index (χ1v) is 9.43. The van der Waals surface area contributed by atoms with E-state index in [1.807, 2.05) is 20.8 Å². The van der Waals surface area contributed by atoms with Gasteiger partial charge in [-0.2, -0.15) is 0 Å². The summed E-state index contributed by atoms with van der Waals surface area (Å²) < 4.78 is 14.3. The number of rotatable bonds is 3. The van der Waals surface area contributed by atoms with Crippen LogP contribution in [0.1, 0.15) is 54.2 Å². The minimum absolute atomic E-state index is 0.0560. The molecule has 0 saturated carbocycles. The van der Waals surface area contributed by atoms with Crippen LogP contribution in [0.25, 0.3) is 0 Å². The number of pyridine rings is 1. The van der Waals surface area contributed by atoms with E-state index in [0.29, 0.717) is 25.1 Å². The molecule has 2 aromatic rings. The Labute approximate surface area is 168 Å². The largest absolute Gasteiger partial charge is 0.503 e. The number of carbonyl (C=O) groups excluding carboxylic acids is 1. The average molecular weight is 403 g/mol. The number of aliphatic hydroxyl groups excluding tert-OH is 1. The molecule has 1 aliphatic rings. The lowest BCUT2D eigenvalue weighted by molar-refractivity contribution is -0.0144. The Morgan fingerprint density at radius 3 is 2.48 bits per heavy atom. The van der Waals surface area contributed by atoms with Gasteiger partial charge in [-0.05, 0) is 50.5 Å². The Morgan fingerprint density at radius 2 is 1.90 bits per heavy atom. The van der Waals surface area contributed by atoms with E-state index in [4.69, 9.17) is 0 Å². The van der Waals surface area contributed by atoms with Crippen molar-refractivity contribution in [3.05, 3.63) is 62.8 Å². The molecular weight excluding hydrogens is 377 g/mol. The predicted octanol–water partition coefficient (Wildman–Crippen LogP) is 1.81. The van der Waals surface area contributed by atoms with Crippen molar-refractivity contribution in [2.45, 2.75) is 45.5 Å². The number of hydrogen-bond acceptors (Lipinski definition) is 5. The molecule has 3 rings (SSSR count). The highest BCUT2D eigenvalue weighted by Gasteiger charge is 2.35. The van der Waals surface area contributed by atoms with Gasteiger partial charge in [-0.3, -0.25) is 14.5 Å². The Balaban J connectivity index is 2.02. The number of benzene rings is 1. The van der Waals surface area contributed by atoms with E-state index in [0.717, 1.165) is 10.1 Å². The third kappa shape index (κ3) is 4.18. The van der Waals surface area contributed by atoms with Crippen molar-refractivity contribution in [3.63, 3.8) is 0 Å². The quantitative estimate of drug-likeness (QED) is 0.727. The standard InChI is InChI=1S/C21H26FN3O4/c1-21(2,3)23-18(27)16-14-9-10-25(11-12-5-7-13(22)8-6-12)19(28)15(14)17(26)20(29)24(16)4/h5-8,19,26,28H,9-11H2,1-4H3,(H,23,27). The van der Waals surface area contributed by atoms with Crippen molar-refractivity contribution in [2.24, 2.45) is 7.05 Å². The Morgan fingerprint density at radius 1 is 1.28 bits per heavy atom. The van der Waals surface area contributed by atoms with E-state index in [9.17, 15) is 24.2 Å². The first-order chi connectivity index (χ1) is 13.5. The van der Waals surface area contributed by atoms with E-state index < -0.39 is 29.0 Å². The fraction of sp³-hybridized carbons (Fsp3) is 0.429. The number of aromatic nitrogens is 1. The van der Waals surface area contributed by atoms with Crippen LogP contribution >= 0.6 is 0 Å². The van der Waals surface area contributed by atoms with Crippen LogP contribution in [0.5, 0.6) is 5.75 Å². The van der Waals surface area contributed by atoms with E-state index in [1.165, 1.54) is 19.2 Å². The summed E-state index contributed by atoms with van der Waals surface area (Å²) in [4.78, 5) is 27.1. The molecule has 1 aromatic carbocycles. The van der Waals surface area contributed by atoms with Crippen LogP contribution in [-0.2, 0) is 20.0 Å². The summed E-state index contributed by atoms with van der Waals surface area (Å²) in [6, 6.07) is 5.90. The third-order valence-corrected chi connectivity index (χ3v) is 4.96. The molecule has 0 bridgehead atoms. The summed E-state index contributed by atoms with van der Waals surface area (Å²) in [5.41, 5.74) is 0.168. The topological polar surface area (TPSA) is 94.8 Å². The van der Waals surface area contributed by atoms with Gasteiger partial charge in [0.25, 0.3) is 11.5 Å². The molecule has 3 N–H and O–H groups in total. The van der Waals surface area contributed by atoms with Gasteiger partial charge in [-0.15, -0.1) is 0 Å². The SMILES string of the molecule is Cn1c(C(=O)NC(C)(C)C)c2c(c(O)c1=O)C(O)N(Cc1ccc(F)cc1)CC2. The molecule has 0 saturated heterocycles. The van der Waals surface area contributed by atoms with Gasteiger partial charge in [0.2, 0.25) is 0 Å². The molecule has 1 aromatic heterocycles. The first kappa shape index (κ1) is 21.0. The molecule has 0 radical (unpaired) electrons. The second-order valence-electron chi connectivity index (χ2n) is 8.38. The van der Waals surface area contributed by atoms with E-state index in [2.05, 4.69) is 5.32 Å². The fourth-order valence-corrected chi connectivity index (χ4v) is 3.62. The normalized spacial score (nSPS) is 17.1.